The third-order valence-corrected chi connectivity index (χ3v) is 6.53. The number of halogens is 1. The maximum atomic E-state index is 13.1. The van der Waals surface area contributed by atoms with E-state index in [1.54, 1.807) is 15.6 Å². The van der Waals surface area contributed by atoms with Gasteiger partial charge in [0.25, 0.3) is 5.69 Å². The molecule has 0 unspecified atom stereocenters. The molecule has 1 N–H and O–H groups in total. The summed E-state index contributed by atoms with van der Waals surface area (Å²) >= 11 is 0. The molecule has 2 aromatic carbocycles. The standard InChI is InChI=1S/C24H23FN6O5/c1-14-12-28(8-9-30(14)27-26-16-4-2-15(25)3-5-16)21-11-20-18(10-22(21)31(35)36)23(32)19(24(33)34)13-29(20)17-6-7-17/h2-5,10-11,13-14,17H,6-9,12H2,1H3,(H,33,34)/t14-/m1/s1. The third-order valence-electron chi connectivity index (χ3n) is 6.53. The number of hydrogen-bond acceptors (Lipinski definition) is 7. The Morgan fingerprint density at radius 3 is 2.53 bits per heavy atom. The van der Waals surface area contributed by atoms with Crippen molar-refractivity contribution in [3.63, 3.8) is 0 Å². The Morgan fingerprint density at radius 2 is 1.92 bits per heavy atom. The molecule has 1 aliphatic heterocycles. The van der Waals surface area contributed by atoms with Crippen molar-refractivity contribution in [3.05, 3.63) is 74.3 Å². The zero-order chi connectivity index (χ0) is 25.6. The number of carbonyl (C=O) groups is 1. The molecule has 0 amide bonds. The number of carboxylic acid groups (broad SMARTS) is 1. The number of nitro benzene ring substituents is 1. The molecule has 0 spiro atoms. The average molecular weight is 494 g/mol. The van der Waals surface area contributed by atoms with E-state index >= 15 is 0 Å². The van der Waals surface area contributed by atoms with Gasteiger partial charge in [-0.3, -0.25) is 19.9 Å². The molecule has 0 radical (unpaired) electrons. The van der Waals surface area contributed by atoms with E-state index in [4.69, 9.17) is 0 Å². The van der Waals surface area contributed by atoms with Crippen molar-refractivity contribution in [3.8, 4) is 0 Å². The molecular formula is C24H23FN6O5. The van der Waals surface area contributed by atoms with Crippen molar-refractivity contribution in [2.75, 3.05) is 24.5 Å². The van der Waals surface area contributed by atoms with Crippen molar-refractivity contribution in [2.45, 2.75) is 31.8 Å². The number of rotatable bonds is 6. The van der Waals surface area contributed by atoms with Crippen LogP contribution in [-0.2, 0) is 0 Å². The van der Waals surface area contributed by atoms with Crippen LogP contribution < -0.4 is 10.3 Å². The van der Waals surface area contributed by atoms with Crippen LogP contribution in [0.2, 0.25) is 0 Å². The van der Waals surface area contributed by atoms with E-state index in [1.807, 2.05) is 11.8 Å². The Hall–Kier alpha value is -4.35. The highest BCUT2D eigenvalue weighted by atomic mass is 19.1. The van der Waals surface area contributed by atoms with Crippen molar-refractivity contribution in [2.24, 2.45) is 10.3 Å². The second-order valence-electron chi connectivity index (χ2n) is 9.05. The Bertz CT molecular complexity index is 1450. The van der Waals surface area contributed by atoms with Crippen molar-refractivity contribution in [1.29, 1.82) is 0 Å². The molecule has 0 bridgehead atoms. The minimum Gasteiger partial charge on any atom is -0.477 e. The summed E-state index contributed by atoms with van der Waals surface area (Å²) in [5, 5.41) is 31.7. The molecule has 1 aliphatic carbocycles. The van der Waals surface area contributed by atoms with Gasteiger partial charge in [0, 0.05) is 31.4 Å². The quantitative estimate of drug-likeness (QED) is 0.307. The van der Waals surface area contributed by atoms with Crippen molar-refractivity contribution in [1.82, 2.24) is 9.58 Å². The van der Waals surface area contributed by atoms with Crippen LogP contribution in [0.5, 0.6) is 0 Å². The lowest BCUT2D eigenvalue weighted by Gasteiger charge is -2.38. The van der Waals surface area contributed by atoms with E-state index < -0.39 is 21.9 Å². The van der Waals surface area contributed by atoms with Gasteiger partial charge < -0.3 is 14.6 Å². The fourth-order valence-electron chi connectivity index (χ4n) is 4.50. The molecule has 2 aliphatic rings. The van der Waals surface area contributed by atoms with Gasteiger partial charge in [-0.05, 0) is 50.1 Å². The second kappa shape index (κ2) is 9.02. The highest BCUT2D eigenvalue weighted by Crippen LogP contribution is 2.40. The first-order valence-electron chi connectivity index (χ1n) is 11.5. The Labute approximate surface area is 204 Å². The number of nitro groups is 1. The monoisotopic (exact) mass is 494 g/mol. The van der Waals surface area contributed by atoms with Gasteiger partial charge >= 0.3 is 5.97 Å². The Balaban J connectivity index is 1.49. The molecule has 11 nitrogen and oxygen atoms in total. The highest BCUT2D eigenvalue weighted by Gasteiger charge is 2.32. The molecule has 12 heteroatoms. The van der Waals surface area contributed by atoms with E-state index in [0.717, 1.165) is 12.8 Å². The van der Waals surface area contributed by atoms with E-state index in [-0.39, 0.29) is 29.0 Å². The van der Waals surface area contributed by atoms with Crippen LogP contribution in [0.4, 0.5) is 21.5 Å². The maximum Gasteiger partial charge on any atom is 0.341 e. The van der Waals surface area contributed by atoms with Gasteiger partial charge in [-0.2, -0.15) is 0 Å². The number of nitrogens with zero attached hydrogens (tertiary/aromatic N) is 6. The second-order valence-corrected chi connectivity index (χ2v) is 9.05. The zero-order valence-electron chi connectivity index (χ0n) is 19.4. The summed E-state index contributed by atoms with van der Waals surface area (Å²) in [6.45, 7) is 3.19. The number of fused-ring (bicyclic) bond motifs is 1. The maximum absolute atomic E-state index is 13.1. The van der Waals surface area contributed by atoms with Gasteiger partial charge in [0.15, 0.2) is 0 Å². The lowest BCUT2D eigenvalue weighted by Crippen LogP contribution is -2.49. The van der Waals surface area contributed by atoms with Crippen LogP contribution >= 0.6 is 0 Å². The van der Waals surface area contributed by atoms with Gasteiger partial charge in [0.05, 0.1) is 34.1 Å². The summed E-state index contributed by atoms with van der Waals surface area (Å²) in [6.07, 6.45) is 3.03. The summed E-state index contributed by atoms with van der Waals surface area (Å²) in [4.78, 5) is 37.8. The number of aromatic nitrogens is 1. The molecule has 36 heavy (non-hydrogen) atoms. The van der Waals surface area contributed by atoms with Crippen LogP contribution in [0, 0.1) is 15.9 Å². The normalized spacial score (nSPS) is 18.2. The van der Waals surface area contributed by atoms with Gasteiger partial charge in [-0.15, -0.1) is 5.11 Å². The van der Waals surface area contributed by atoms with Crippen LogP contribution in [0.3, 0.4) is 0 Å². The van der Waals surface area contributed by atoms with Crippen LogP contribution in [0.1, 0.15) is 36.2 Å². The summed E-state index contributed by atoms with van der Waals surface area (Å²) in [5.41, 5.74) is -0.0211. The highest BCUT2D eigenvalue weighted by molar-refractivity contribution is 5.95. The number of benzene rings is 2. The number of aromatic carboxylic acids is 1. The van der Waals surface area contributed by atoms with Gasteiger partial charge in [0.1, 0.15) is 17.1 Å². The largest absolute Gasteiger partial charge is 0.477 e. The van der Waals surface area contributed by atoms with Gasteiger partial charge in [0.2, 0.25) is 5.43 Å². The molecule has 186 valence electrons. The first-order chi connectivity index (χ1) is 17.2. The zero-order valence-corrected chi connectivity index (χ0v) is 19.4. The van der Waals surface area contributed by atoms with E-state index in [1.165, 1.54) is 36.5 Å². The van der Waals surface area contributed by atoms with E-state index in [2.05, 4.69) is 10.3 Å². The van der Waals surface area contributed by atoms with Crippen LogP contribution in [0.15, 0.2) is 57.7 Å². The van der Waals surface area contributed by atoms with E-state index in [0.29, 0.717) is 36.5 Å². The minimum atomic E-state index is -1.36. The molecule has 1 aromatic heterocycles. The van der Waals surface area contributed by atoms with Crippen molar-refractivity contribution >= 4 is 33.9 Å². The summed E-state index contributed by atoms with van der Waals surface area (Å²) in [7, 11) is 0. The third kappa shape index (κ3) is 4.37. The van der Waals surface area contributed by atoms with Gasteiger partial charge in [-0.25, -0.2) is 9.18 Å². The summed E-state index contributed by atoms with van der Waals surface area (Å²) < 4.78 is 14.9. The first-order valence-corrected chi connectivity index (χ1v) is 11.5. The molecule has 1 saturated carbocycles. The first kappa shape index (κ1) is 23.4. The van der Waals surface area contributed by atoms with Gasteiger partial charge in [-0.1, -0.05) is 5.22 Å². The fraction of sp³-hybridized carbons (Fsp3) is 0.333. The lowest BCUT2D eigenvalue weighted by molar-refractivity contribution is -0.384. The minimum absolute atomic E-state index is 0.0250. The molecule has 5 rings (SSSR count). The molecule has 1 saturated heterocycles. The summed E-state index contributed by atoms with van der Waals surface area (Å²) in [6, 6.07) is 8.39. The Kier molecular flexibility index (Phi) is 5.86. The molecule has 2 fully saturated rings. The Morgan fingerprint density at radius 1 is 1.19 bits per heavy atom. The van der Waals surface area contributed by atoms with Crippen molar-refractivity contribution < 1.29 is 19.2 Å². The molecule has 2 heterocycles. The van der Waals surface area contributed by atoms with E-state index in [9.17, 15) is 29.2 Å². The lowest BCUT2D eigenvalue weighted by atomic mass is 10.1. The van der Waals surface area contributed by atoms with Crippen LogP contribution in [-0.4, -0.2) is 51.3 Å². The molecule has 3 aromatic rings. The number of pyridine rings is 1. The SMILES string of the molecule is C[C@@H]1CN(c2cc3c(cc2[N+](=O)[O-])c(=O)c(C(=O)O)cn3C2CC2)CCN1N=Nc1ccc(F)cc1. The summed E-state index contributed by atoms with van der Waals surface area (Å²) in [5.74, 6) is -1.72. The molecular weight excluding hydrogens is 471 g/mol. The van der Waals surface area contributed by atoms with Crippen LogP contribution in [0.25, 0.3) is 10.9 Å². The number of anilines is 1. The topological polar surface area (TPSA) is 134 Å². The smallest absolute Gasteiger partial charge is 0.341 e. The predicted octanol–water partition coefficient (Wildman–Crippen LogP) is 4.29. The number of piperazine rings is 1. The molecule has 1 atom stereocenters. The number of carboxylic acids is 1. The predicted molar refractivity (Wildman–Crippen MR) is 129 cm³/mol. The average Bonchev–Trinajstić information content (AvgIpc) is 3.69. The fourth-order valence-corrected chi connectivity index (χ4v) is 4.50. The number of hydrogen-bond donors (Lipinski definition) is 1.